The maximum absolute atomic E-state index is 10.6. The number of primary amides is 1. The summed E-state index contributed by atoms with van der Waals surface area (Å²) in [5.74, 6) is -0.309. The fourth-order valence-electron chi connectivity index (χ4n) is 0.751. The van der Waals surface area contributed by atoms with E-state index in [1.807, 2.05) is 0 Å². The van der Waals surface area contributed by atoms with E-state index in [-0.39, 0.29) is 11.9 Å². The normalized spacial score (nSPS) is 13.0. The van der Waals surface area contributed by atoms with Gasteiger partial charge in [0.15, 0.2) is 0 Å². The number of hydrogen-bond donors (Lipinski definition) is 3. The second-order valence-corrected chi connectivity index (χ2v) is 2.17. The molecule has 0 fully saturated rings. The first-order valence-electron chi connectivity index (χ1n) is 3.39. The maximum atomic E-state index is 10.6. The van der Waals surface area contributed by atoms with Gasteiger partial charge in [-0.1, -0.05) is 0 Å². The van der Waals surface area contributed by atoms with Gasteiger partial charge in [0.25, 0.3) is 0 Å². The monoisotopic (exact) mass is 145 g/mol. The number of nitrogens with one attached hydrogen (secondary N) is 1. The predicted molar refractivity (Wildman–Crippen MR) is 40.3 cm³/mol. The van der Waals surface area contributed by atoms with Gasteiger partial charge in [0, 0.05) is 0 Å². The summed E-state index contributed by atoms with van der Waals surface area (Å²) in [5.41, 5.74) is 10.3. The molecular formula is C6H15N3O. The van der Waals surface area contributed by atoms with Gasteiger partial charge < -0.3 is 16.8 Å². The van der Waals surface area contributed by atoms with Crippen LogP contribution >= 0.6 is 0 Å². The van der Waals surface area contributed by atoms with Gasteiger partial charge in [-0.2, -0.15) is 0 Å². The highest BCUT2D eigenvalue weighted by atomic mass is 16.1. The molecule has 4 heteroatoms. The van der Waals surface area contributed by atoms with Crippen LogP contribution < -0.4 is 16.8 Å². The highest BCUT2D eigenvalue weighted by Gasteiger charge is 2.10. The Hall–Kier alpha value is -0.610. The summed E-state index contributed by atoms with van der Waals surface area (Å²) in [5, 5.41) is 2.81. The van der Waals surface area contributed by atoms with Gasteiger partial charge in [-0.3, -0.25) is 4.79 Å². The Kier molecular flexibility index (Phi) is 4.88. The molecule has 60 valence electrons. The average Bonchev–Trinajstić information content (AvgIpc) is 1.89. The lowest BCUT2D eigenvalue weighted by molar-refractivity contribution is -0.120. The topological polar surface area (TPSA) is 81.1 Å². The molecule has 1 amide bonds. The highest BCUT2D eigenvalue weighted by molar-refractivity contribution is 5.79. The molecule has 0 radical (unpaired) electrons. The first-order chi connectivity index (χ1) is 4.72. The Morgan fingerprint density at radius 3 is 2.60 bits per heavy atom. The van der Waals surface area contributed by atoms with Crippen molar-refractivity contribution in [3.8, 4) is 0 Å². The van der Waals surface area contributed by atoms with Crippen molar-refractivity contribution in [1.82, 2.24) is 5.32 Å². The lowest BCUT2D eigenvalue weighted by Gasteiger charge is -2.09. The zero-order chi connectivity index (χ0) is 7.98. The van der Waals surface area contributed by atoms with E-state index in [1.54, 1.807) is 7.05 Å². The molecule has 0 rings (SSSR count). The van der Waals surface area contributed by atoms with Crippen LogP contribution in [0.25, 0.3) is 0 Å². The lowest BCUT2D eigenvalue weighted by Crippen LogP contribution is -2.39. The van der Waals surface area contributed by atoms with Crippen LogP contribution in [0.4, 0.5) is 0 Å². The molecule has 0 spiro atoms. The molecule has 5 N–H and O–H groups in total. The summed E-state index contributed by atoms with van der Waals surface area (Å²) in [6.07, 6.45) is 1.55. The van der Waals surface area contributed by atoms with Crippen LogP contribution in [0.3, 0.4) is 0 Å². The molecule has 1 atom stereocenters. The fraction of sp³-hybridized carbons (Fsp3) is 0.833. The largest absolute Gasteiger partial charge is 0.368 e. The minimum Gasteiger partial charge on any atom is -0.368 e. The van der Waals surface area contributed by atoms with Gasteiger partial charge in [-0.05, 0) is 26.4 Å². The van der Waals surface area contributed by atoms with Crippen molar-refractivity contribution in [1.29, 1.82) is 0 Å². The van der Waals surface area contributed by atoms with Gasteiger partial charge in [-0.25, -0.2) is 0 Å². The van der Waals surface area contributed by atoms with Crippen molar-refractivity contribution in [3.63, 3.8) is 0 Å². The number of rotatable bonds is 5. The van der Waals surface area contributed by atoms with Crippen LogP contribution in [0.2, 0.25) is 0 Å². The summed E-state index contributed by atoms with van der Waals surface area (Å²) in [7, 11) is 1.71. The van der Waals surface area contributed by atoms with E-state index in [1.165, 1.54) is 0 Å². The third-order valence-corrected chi connectivity index (χ3v) is 1.39. The smallest absolute Gasteiger partial charge is 0.234 e. The van der Waals surface area contributed by atoms with Crippen LogP contribution in [0.1, 0.15) is 12.8 Å². The van der Waals surface area contributed by atoms with Gasteiger partial charge >= 0.3 is 0 Å². The number of carbonyl (C=O) groups excluding carboxylic acids is 1. The van der Waals surface area contributed by atoms with Crippen molar-refractivity contribution >= 4 is 5.91 Å². The minimum atomic E-state index is -0.309. The molecule has 0 heterocycles. The number of likely N-dealkylation sites (N-methyl/N-ethyl adjacent to an activating group) is 1. The molecule has 0 aromatic carbocycles. The molecular weight excluding hydrogens is 130 g/mol. The van der Waals surface area contributed by atoms with Crippen LogP contribution in [0.15, 0.2) is 0 Å². The van der Waals surface area contributed by atoms with E-state index in [0.717, 1.165) is 12.8 Å². The Labute approximate surface area is 61.0 Å². The zero-order valence-electron chi connectivity index (χ0n) is 6.26. The summed E-state index contributed by atoms with van der Waals surface area (Å²) in [6.45, 7) is 0.603. The average molecular weight is 145 g/mol. The number of carbonyl (C=O) groups is 1. The molecule has 0 saturated carbocycles. The van der Waals surface area contributed by atoms with Gasteiger partial charge in [0.05, 0.1) is 6.04 Å². The second-order valence-electron chi connectivity index (χ2n) is 2.17. The standard InChI is InChI=1S/C6H15N3O/c1-9-5(6(8)10)3-2-4-7/h5,9H,2-4,7H2,1H3,(H2,8,10). The van der Waals surface area contributed by atoms with Gasteiger partial charge in [0.2, 0.25) is 5.91 Å². The van der Waals surface area contributed by atoms with E-state index in [9.17, 15) is 4.79 Å². The van der Waals surface area contributed by atoms with Crippen LogP contribution in [0, 0.1) is 0 Å². The molecule has 0 aromatic heterocycles. The van der Waals surface area contributed by atoms with Crippen molar-refractivity contribution in [2.24, 2.45) is 11.5 Å². The fourth-order valence-corrected chi connectivity index (χ4v) is 0.751. The van der Waals surface area contributed by atoms with Crippen molar-refractivity contribution < 1.29 is 4.79 Å². The Balaban J connectivity index is 3.50. The van der Waals surface area contributed by atoms with E-state index >= 15 is 0 Å². The summed E-state index contributed by atoms with van der Waals surface area (Å²) in [6, 6.07) is -0.219. The number of hydrogen-bond acceptors (Lipinski definition) is 3. The van der Waals surface area contributed by atoms with E-state index in [0.29, 0.717) is 6.54 Å². The predicted octanol–water partition coefficient (Wildman–Crippen LogP) is -1.20. The molecule has 4 nitrogen and oxygen atoms in total. The van der Waals surface area contributed by atoms with Gasteiger partial charge in [-0.15, -0.1) is 0 Å². The minimum absolute atomic E-state index is 0.219. The first kappa shape index (κ1) is 9.39. The Morgan fingerprint density at radius 1 is 1.70 bits per heavy atom. The van der Waals surface area contributed by atoms with Crippen LogP contribution in [-0.4, -0.2) is 25.5 Å². The van der Waals surface area contributed by atoms with E-state index in [2.05, 4.69) is 5.32 Å². The van der Waals surface area contributed by atoms with Gasteiger partial charge in [0.1, 0.15) is 0 Å². The lowest BCUT2D eigenvalue weighted by atomic mass is 10.1. The zero-order valence-corrected chi connectivity index (χ0v) is 6.26. The van der Waals surface area contributed by atoms with Crippen molar-refractivity contribution in [3.05, 3.63) is 0 Å². The molecule has 0 aromatic rings. The van der Waals surface area contributed by atoms with Crippen molar-refractivity contribution in [2.75, 3.05) is 13.6 Å². The maximum Gasteiger partial charge on any atom is 0.234 e. The molecule has 0 saturated heterocycles. The van der Waals surface area contributed by atoms with Crippen molar-refractivity contribution in [2.45, 2.75) is 18.9 Å². The molecule has 0 aliphatic carbocycles. The number of amides is 1. The Morgan fingerprint density at radius 2 is 2.30 bits per heavy atom. The number of nitrogens with two attached hydrogens (primary N) is 2. The SMILES string of the molecule is CNC(CCCN)C(N)=O. The summed E-state index contributed by atoms with van der Waals surface area (Å²) in [4.78, 5) is 10.6. The molecule has 10 heavy (non-hydrogen) atoms. The first-order valence-corrected chi connectivity index (χ1v) is 3.39. The summed E-state index contributed by atoms with van der Waals surface area (Å²) < 4.78 is 0. The highest BCUT2D eigenvalue weighted by Crippen LogP contribution is 1.93. The van der Waals surface area contributed by atoms with Crippen LogP contribution in [-0.2, 0) is 4.79 Å². The quantitative estimate of drug-likeness (QED) is 0.454. The third kappa shape index (κ3) is 3.42. The van der Waals surface area contributed by atoms with Crippen LogP contribution in [0.5, 0.6) is 0 Å². The Bertz CT molecular complexity index is 105. The molecule has 0 aliphatic heterocycles. The second kappa shape index (κ2) is 5.20. The van der Waals surface area contributed by atoms with E-state index < -0.39 is 0 Å². The molecule has 0 bridgehead atoms. The third-order valence-electron chi connectivity index (χ3n) is 1.39. The van der Waals surface area contributed by atoms with E-state index in [4.69, 9.17) is 11.5 Å². The summed E-state index contributed by atoms with van der Waals surface area (Å²) >= 11 is 0. The molecule has 1 unspecified atom stereocenters. The molecule has 0 aliphatic rings.